The summed E-state index contributed by atoms with van der Waals surface area (Å²) in [6, 6.07) is 12.5. The SMILES string of the molecule is Cc1ccccc1C1CC(N)c2cc(F)ccc2O1. The molecule has 2 N–H and O–H groups in total. The molecule has 19 heavy (non-hydrogen) atoms. The first-order valence-electron chi connectivity index (χ1n) is 6.42. The van der Waals surface area contributed by atoms with E-state index in [1.807, 2.05) is 12.1 Å². The lowest BCUT2D eigenvalue weighted by molar-refractivity contribution is 0.160. The molecule has 1 aliphatic heterocycles. The second-order valence-corrected chi connectivity index (χ2v) is 4.99. The number of fused-ring (bicyclic) bond motifs is 1. The quantitative estimate of drug-likeness (QED) is 0.846. The number of halogens is 1. The molecule has 0 aromatic heterocycles. The summed E-state index contributed by atoms with van der Waals surface area (Å²) >= 11 is 0. The third-order valence-electron chi connectivity index (χ3n) is 3.64. The van der Waals surface area contributed by atoms with Crippen LogP contribution in [0.4, 0.5) is 4.39 Å². The molecule has 0 bridgehead atoms. The molecule has 98 valence electrons. The molecule has 2 unspecified atom stereocenters. The van der Waals surface area contributed by atoms with Gasteiger partial charge in [-0.1, -0.05) is 24.3 Å². The number of hydrogen-bond acceptors (Lipinski definition) is 2. The fourth-order valence-corrected chi connectivity index (χ4v) is 2.61. The Morgan fingerprint density at radius 3 is 2.74 bits per heavy atom. The highest BCUT2D eigenvalue weighted by molar-refractivity contribution is 5.40. The molecule has 3 heteroatoms. The van der Waals surface area contributed by atoms with Crippen LogP contribution >= 0.6 is 0 Å². The van der Waals surface area contributed by atoms with Gasteiger partial charge < -0.3 is 10.5 Å². The summed E-state index contributed by atoms with van der Waals surface area (Å²) in [7, 11) is 0. The molecule has 0 saturated heterocycles. The van der Waals surface area contributed by atoms with Gasteiger partial charge in [0, 0.05) is 18.0 Å². The number of benzene rings is 2. The van der Waals surface area contributed by atoms with Crippen LogP contribution in [0.3, 0.4) is 0 Å². The summed E-state index contributed by atoms with van der Waals surface area (Å²) in [5.41, 5.74) is 9.23. The molecule has 0 fully saturated rings. The van der Waals surface area contributed by atoms with Gasteiger partial charge in [0.15, 0.2) is 0 Å². The summed E-state index contributed by atoms with van der Waals surface area (Å²) in [5, 5.41) is 0. The molecular formula is C16H16FNO. The van der Waals surface area contributed by atoms with Gasteiger partial charge in [0.2, 0.25) is 0 Å². The smallest absolute Gasteiger partial charge is 0.126 e. The first kappa shape index (κ1) is 12.2. The summed E-state index contributed by atoms with van der Waals surface area (Å²) in [4.78, 5) is 0. The topological polar surface area (TPSA) is 35.2 Å². The van der Waals surface area contributed by atoms with E-state index in [1.165, 1.54) is 17.7 Å². The van der Waals surface area contributed by atoms with E-state index in [-0.39, 0.29) is 18.0 Å². The highest BCUT2D eigenvalue weighted by Gasteiger charge is 2.28. The van der Waals surface area contributed by atoms with Gasteiger partial charge in [-0.25, -0.2) is 4.39 Å². The Balaban J connectivity index is 1.97. The van der Waals surface area contributed by atoms with E-state index in [1.54, 1.807) is 6.07 Å². The van der Waals surface area contributed by atoms with E-state index in [0.29, 0.717) is 12.2 Å². The average Bonchev–Trinajstić information content (AvgIpc) is 2.40. The van der Waals surface area contributed by atoms with E-state index in [4.69, 9.17) is 10.5 Å². The van der Waals surface area contributed by atoms with E-state index in [2.05, 4.69) is 19.1 Å². The maximum Gasteiger partial charge on any atom is 0.126 e. The van der Waals surface area contributed by atoms with Gasteiger partial charge in [-0.3, -0.25) is 0 Å². The van der Waals surface area contributed by atoms with Gasteiger partial charge in [-0.05, 0) is 36.2 Å². The molecule has 0 spiro atoms. The Morgan fingerprint density at radius 1 is 1.16 bits per heavy atom. The lowest BCUT2D eigenvalue weighted by Crippen LogP contribution is -2.24. The Morgan fingerprint density at radius 2 is 1.95 bits per heavy atom. The predicted octanol–water partition coefficient (Wildman–Crippen LogP) is 3.66. The molecular weight excluding hydrogens is 241 g/mol. The monoisotopic (exact) mass is 257 g/mol. The Kier molecular flexibility index (Phi) is 2.99. The molecule has 1 heterocycles. The maximum atomic E-state index is 13.2. The van der Waals surface area contributed by atoms with Crippen molar-refractivity contribution in [3.63, 3.8) is 0 Å². The minimum Gasteiger partial charge on any atom is -0.485 e. The van der Waals surface area contributed by atoms with Gasteiger partial charge in [-0.2, -0.15) is 0 Å². The molecule has 0 saturated carbocycles. The number of ether oxygens (including phenoxy) is 1. The van der Waals surface area contributed by atoms with Crippen LogP contribution in [0.25, 0.3) is 0 Å². The van der Waals surface area contributed by atoms with Gasteiger partial charge in [0.05, 0.1) is 0 Å². The van der Waals surface area contributed by atoms with Gasteiger partial charge in [0.1, 0.15) is 17.7 Å². The van der Waals surface area contributed by atoms with Crippen molar-refractivity contribution in [1.82, 2.24) is 0 Å². The van der Waals surface area contributed by atoms with Crippen molar-refractivity contribution in [2.45, 2.75) is 25.5 Å². The van der Waals surface area contributed by atoms with Crippen molar-refractivity contribution in [3.05, 3.63) is 65.0 Å². The number of hydrogen-bond donors (Lipinski definition) is 1. The van der Waals surface area contributed by atoms with Crippen LogP contribution in [0.1, 0.15) is 35.3 Å². The lowest BCUT2D eigenvalue weighted by Gasteiger charge is -2.31. The molecule has 2 nitrogen and oxygen atoms in total. The molecule has 0 amide bonds. The molecule has 0 aliphatic carbocycles. The average molecular weight is 257 g/mol. The second kappa shape index (κ2) is 4.67. The highest BCUT2D eigenvalue weighted by atomic mass is 19.1. The number of rotatable bonds is 1. The first-order valence-corrected chi connectivity index (χ1v) is 6.42. The van der Waals surface area contributed by atoms with E-state index < -0.39 is 0 Å². The summed E-state index contributed by atoms with van der Waals surface area (Å²) in [6.45, 7) is 2.06. The van der Waals surface area contributed by atoms with E-state index in [9.17, 15) is 4.39 Å². The largest absolute Gasteiger partial charge is 0.485 e. The maximum absolute atomic E-state index is 13.2. The van der Waals surface area contributed by atoms with Crippen molar-refractivity contribution in [3.8, 4) is 5.75 Å². The summed E-state index contributed by atoms with van der Waals surface area (Å²) in [5.74, 6) is 0.417. The van der Waals surface area contributed by atoms with Gasteiger partial charge >= 0.3 is 0 Å². The predicted molar refractivity (Wildman–Crippen MR) is 72.5 cm³/mol. The molecule has 1 aliphatic rings. The van der Waals surface area contributed by atoms with Gasteiger partial charge in [-0.15, -0.1) is 0 Å². The summed E-state index contributed by atoms with van der Waals surface area (Å²) < 4.78 is 19.2. The molecule has 2 aromatic rings. The van der Waals surface area contributed by atoms with Crippen molar-refractivity contribution >= 4 is 0 Å². The van der Waals surface area contributed by atoms with Crippen LogP contribution < -0.4 is 10.5 Å². The van der Waals surface area contributed by atoms with Crippen LogP contribution in [-0.2, 0) is 0 Å². The normalized spacial score (nSPS) is 21.6. The van der Waals surface area contributed by atoms with E-state index in [0.717, 1.165) is 11.1 Å². The standard InChI is InChI=1S/C16H16FNO/c1-10-4-2-3-5-12(10)16-9-14(18)13-8-11(17)6-7-15(13)19-16/h2-8,14,16H,9,18H2,1H3. The third kappa shape index (κ3) is 2.22. The van der Waals surface area contributed by atoms with Crippen LogP contribution in [0.2, 0.25) is 0 Å². The molecule has 3 rings (SSSR count). The zero-order valence-electron chi connectivity index (χ0n) is 10.8. The molecule has 2 aromatic carbocycles. The Hall–Kier alpha value is -1.87. The van der Waals surface area contributed by atoms with Gasteiger partial charge in [0.25, 0.3) is 0 Å². The molecule has 0 radical (unpaired) electrons. The Bertz CT molecular complexity index is 611. The minimum absolute atomic E-state index is 0.0610. The number of aryl methyl sites for hydroxylation is 1. The third-order valence-corrected chi connectivity index (χ3v) is 3.64. The van der Waals surface area contributed by atoms with Crippen LogP contribution in [0.5, 0.6) is 5.75 Å². The fourth-order valence-electron chi connectivity index (χ4n) is 2.61. The van der Waals surface area contributed by atoms with Crippen LogP contribution in [0, 0.1) is 12.7 Å². The fraction of sp³-hybridized carbons (Fsp3) is 0.250. The van der Waals surface area contributed by atoms with Crippen LogP contribution in [-0.4, -0.2) is 0 Å². The van der Waals surface area contributed by atoms with Crippen molar-refractivity contribution < 1.29 is 9.13 Å². The van der Waals surface area contributed by atoms with E-state index >= 15 is 0 Å². The number of nitrogens with two attached hydrogens (primary N) is 1. The van der Waals surface area contributed by atoms with Crippen molar-refractivity contribution in [2.24, 2.45) is 5.73 Å². The van der Waals surface area contributed by atoms with Crippen LogP contribution in [0.15, 0.2) is 42.5 Å². The minimum atomic E-state index is -0.271. The second-order valence-electron chi connectivity index (χ2n) is 4.99. The summed E-state index contributed by atoms with van der Waals surface area (Å²) in [6.07, 6.45) is 0.607. The lowest BCUT2D eigenvalue weighted by atomic mass is 9.92. The first-order chi connectivity index (χ1) is 9.15. The highest BCUT2D eigenvalue weighted by Crippen LogP contribution is 2.40. The van der Waals surface area contributed by atoms with Crippen molar-refractivity contribution in [2.75, 3.05) is 0 Å². The zero-order valence-corrected chi connectivity index (χ0v) is 10.8. The zero-order chi connectivity index (χ0) is 13.4. The van der Waals surface area contributed by atoms with Crippen molar-refractivity contribution in [1.29, 1.82) is 0 Å². The molecule has 2 atom stereocenters. The Labute approximate surface area is 112 Å².